The molecule has 0 aliphatic heterocycles. The molecule has 0 saturated carbocycles. The number of benzene rings is 1. The quantitative estimate of drug-likeness (QED) is 0.510. The smallest absolute Gasteiger partial charge is 0.327 e. The fraction of sp³-hybridized carbons (Fsp3) is 0.211. The number of aromatic nitrogens is 3. The van der Waals surface area contributed by atoms with Gasteiger partial charge in [0.05, 0.1) is 10.9 Å². The van der Waals surface area contributed by atoms with Crippen LogP contribution >= 0.6 is 0 Å². The second kappa shape index (κ2) is 8.30. The molecule has 1 aromatic carbocycles. The molecule has 0 saturated heterocycles. The van der Waals surface area contributed by atoms with Gasteiger partial charge in [-0.25, -0.2) is 9.78 Å². The van der Waals surface area contributed by atoms with Gasteiger partial charge in [0.1, 0.15) is 5.65 Å². The first-order chi connectivity index (χ1) is 13.5. The molecule has 0 aliphatic rings. The molecular formula is C19H19N5O4. The number of fused-ring (bicyclic) bond motifs is 1. The lowest BCUT2D eigenvalue weighted by Gasteiger charge is -2.08. The van der Waals surface area contributed by atoms with E-state index in [9.17, 15) is 19.2 Å². The van der Waals surface area contributed by atoms with Crippen molar-refractivity contribution in [1.82, 2.24) is 20.3 Å². The van der Waals surface area contributed by atoms with Gasteiger partial charge < -0.3 is 10.6 Å². The Kier molecular flexibility index (Phi) is 5.64. The van der Waals surface area contributed by atoms with Gasteiger partial charge in [0.25, 0.3) is 11.5 Å². The summed E-state index contributed by atoms with van der Waals surface area (Å²) >= 11 is 0. The Morgan fingerprint density at radius 1 is 1.11 bits per heavy atom. The molecule has 0 aliphatic carbocycles. The van der Waals surface area contributed by atoms with E-state index in [1.165, 1.54) is 12.3 Å². The van der Waals surface area contributed by atoms with Gasteiger partial charge >= 0.3 is 5.69 Å². The number of pyridine rings is 1. The number of nitrogens with one attached hydrogen (secondary N) is 4. The first-order valence-corrected chi connectivity index (χ1v) is 8.75. The van der Waals surface area contributed by atoms with Crippen LogP contribution in [0.25, 0.3) is 11.0 Å². The average molecular weight is 381 g/mol. The van der Waals surface area contributed by atoms with Gasteiger partial charge in [-0.1, -0.05) is 19.1 Å². The molecule has 2 aromatic heterocycles. The third kappa shape index (κ3) is 4.50. The van der Waals surface area contributed by atoms with Crippen molar-refractivity contribution in [3.8, 4) is 0 Å². The molecule has 3 rings (SSSR count). The van der Waals surface area contributed by atoms with Gasteiger partial charge in [-0.05, 0) is 30.2 Å². The normalized spacial score (nSPS) is 10.6. The summed E-state index contributed by atoms with van der Waals surface area (Å²) in [5.41, 5.74) is 0.593. The molecular weight excluding hydrogens is 362 g/mol. The molecule has 9 heteroatoms. The van der Waals surface area contributed by atoms with Crippen molar-refractivity contribution in [2.24, 2.45) is 0 Å². The van der Waals surface area contributed by atoms with Crippen LogP contribution in [-0.4, -0.2) is 26.8 Å². The van der Waals surface area contributed by atoms with Gasteiger partial charge in [0, 0.05) is 24.8 Å². The van der Waals surface area contributed by atoms with Crippen LogP contribution in [0.4, 0.5) is 5.69 Å². The van der Waals surface area contributed by atoms with Crippen molar-refractivity contribution >= 4 is 28.5 Å². The zero-order valence-corrected chi connectivity index (χ0v) is 15.2. The summed E-state index contributed by atoms with van der Waals surface area (Å²) in [6.07, 6.45) is 2.54. The number of nitrogens with zero attached hydrogens (tertiary/aromatic N) is 1. The van der Waals surface area contributed by atoms with E-state index in [1.54, 1.807) is 24.3 Å². The second-order valence-corrected chi connectivity index (χ2v) is 6.21. The highest BCUT2D eigenvalue weighted by Crippen LogP contribution is 2.11. The minimum atomic E-state index is -0.656. The predicted octanol–water partition coefficient (Wildman–Crippen LogP) is 1.28. The SMILES string of the molecule is CCCC(=O)Nc1ccc(CNC(=O)c2cnc3[nH]c(=O)[nH]c(=O)c3c2)cc1. The molecule has 28 heavy (non-hydrogen) atoms. The first kappa shape index (κ1) is 19.0. The number of hydrogen-bond acceptors (Lipinski definition) is 5. The van der Waals surface area contributed by atoms with Gasteiger partial charge in [-0.15, -0.1) is 0 Å². The Bertz CT molecular complexity index is 1130. The highest BCUT2D eigenvalue weighted by Gasteiger charge is 2.10. The summed E-state index contributed by atoms with van der Waals surface area (Å²) in [6, 6.07) is 8.51. The van der Waals surface area contributed by atoms with Gasteiger partial charge in [0.2, 0.25) is 5.91 Å². The molecule has 0 unspecified atom stereocenters. The third-order valence-corrected chi connectivity index (χ3v) is 4.02. The summed E-state index contributed by atoms with van der Waals surface area (Å²) in [7, 11) is 0. The lowest BCUT2D eigenvalue weighted by atomic mass is 10.2. The highest BCUT2D eigenvalue weighted by molar-refractivity contribution is 5.96. The van der Waals surface area contributed by atoms with Gasteiger partial charge in [0.15, 0.2) is 0 Å². The molecule has 0 atom stereocenters. The van der Waals surface area contributed by atoms with Crippen molar-refractivity contribution in [3.05, 3.63) is 68.5 Å². The molecule has 2 amide bonds. The fourth-order valence-electron chi connectivity index (χ4n) is 2.61. The van der Waals surface area contributed by atoms with Crippen LogP contribution in [0.15, 0.2) is 46.1 Å². The van der Waals surface area contributed by atoms with Crippen molar-refractivity contribution in [1.29, 1.82) is 0 Å². The van der Waals surface area contributed by atoms with E-state index in [0.717, 1.165) is 12.0 Å². The largest absolute Gasteiger partial charge is 0.348 e. The van der Waals surface area contributed by atoms with Crippen molar-refractivity contribution in [3.63, 3.8) is 0 Å². The summed E-state index contributed by atoms with van der Waals surface area (Å²) in [6.45, 7) is 2.20. The molecule has 4 N–H and O–H groups in total. The lowest BCUT2D eigenvalue weighted by molar-refractivity contribution is -0.116. The Labute approximate surface area is 159 Å². The zero-order valence-electron chi connectivity index (χ0n) is 15.2. The van der Waals surface area contributed by atoms with Crippen LogP contribution in [0.1, 0.15) is 35.7 Å². The van der Waals surface area contributed by atoms with Crippen molar-refractivity contribution < 1.29 is 9.59 Å². The Morgan fingerprint density at radius 3 is 2.57 bits per heavy atom. The number of H-pyrrole nitrogens is 2. The van der Waals surface area contributed by atoms with E-state index in [2.05, 4.69) is 25.6 Å². The number of carbonyl (C=O) groups is 2. The summed E-state index contributed by atoms with van der Waals surface area (Å²) < 4.78 is 0. The van der Waals surface area contributed by atoms with Crippen LogP contribution in [0.2, 0.25) is 0 Å². The van der Waals surface area contributed by atoms with Crippen LogP contribution in [0.5, 0.6) is 0 Å². The summed E-state index contributed by atoms with van der Waals surface area (Å²) in [5.74, 6) is -0.441. The van der Waals surface area contributed by atoms with E-state index in [0.29, 0.717) is 12.1 Å². The monoisotopic (exact) mass is 381 g/mol. The molecule has 2 heterocycles. The molecule has 0 fully saturated rings. The van der Waals surface area contributed by atoms with Crippen LogP contribution in [0.3, 0.4) is 0 Å². The van der Waals surface area contributed by atoms with Gasteiger partial charge in [-0.3, -0.25) is 24.4 Å². The minimum Gasteiger partial charge on any atom is -0.348 e. The maximum Gasteiger partial charge on any atom is 0.327 e. The van der Waals surface area contributed by atoms with Crippen molar-refractivity contribution in [2.45, 2.75) is 26.3 Å². The van der Waals surface area contributed by atoms with E-state index in [-0.39, 0.29) is 29.0 Å². The molecule has 0 spiro atoms. The van der Waals surface area contributed by atoms with E-state index in [1.807, 2.05) is 6.92 Å². The third-order valence-electron chi connectivity index (χ3n) is 4.02. The zero-order chi connectivity index (χ0) is 20.1. The fourth-order valence-corrected chi connectivity index (χ4v) is 2.61. The minimum absolute atomic E-state index is 0.0383. The van der Waals surface area contributed by atoms with E-state index < -0.39 is 17.2 Å². The van der Waals surface area contributed by atoms with E-state index >= 15 is 0 Å². The first-order valence-electron chi connectivity index (χ1n) is 8.75. The predicted molar refractivity (Wildman–Crippen MR) is 104 cm³/mol. The molecule has 0 bridgehead atoms. The number of anilines is 1. The number of hydrogen-bond donors (Lipinski definition) is 4. The number of carbonyl (C=O) groups excluding carboxylic acids is 2. The Morgan fingerprint density at radius 2 is 1.86 bits per heavy atom. The van der Waals surface area contributed by atoms with Crippen LogP contribution in [-0.2, 0) is 11.3 Å². The Hall–Kier alpha value is -3.75. The molecule has 0 radical (unpaired) electrons. The highest BCUT2D eigenvalue weighted by atomic mass is 16.2. The molecule has 3 aromatic rings. The van der Waals surface area contributed by atoms with Crippen LogP contribution < -0.4 is 21.9 Å². The topological polar surface area (TPSA) is 137 Å². The molecule has 9 nitrogen and oxygen atoms in total. The van der Waals surface area contributed by atoms with Crippen LogP contribution in [0, 0.1) is 0 Å². The standard InChI is InChI=1S/C19H19N5O4/c1-2-3-15(25)22-13-6-4-11(5-7-13)9-21-17(26)12-8-14-16(20-10-12)23-19(28)24-18(14)27/h4-8,10H,2-3,9H2,1H3,(H,21,26)(H,22,25)(H2,20,23,24,27,28). The van der Waals surface area contributed by atoms with Gasteiger partial charge in [-0.2, -0.15) is 0 Å². The maximum absolute atomic E-state index is 12.3. The summed E-state index contributed by atoms with van der Waals surface area (Å²) in [4.78, 5) is 55.4. The van der Waals surface area contributed by atoms with Crippen molar-refractivity contribution in [2.75, 3.05) is 5.32 Å². The summed E-state index contributed by atoms with van der Waals surface area (Å²) in [5, 5.41) is 5.66. The van der Waals surface area contributed by atoms with E-state index in [4.69, 9.17) is 0 Å². The lowest BCUT2D eigenvalue weighted by Crippen LogP contribution is -2.25. The number of rotatable bonds is 6. The maximum atomic E-state index is 12.3. The Balaban J connectivity index is 1.65. The average Bonchev–Trinajstić information content (AvgIpc) is 2.67. The number of aromatic amines is 2. The second-order valence-electron chi connectivity index (χ2n) is 6.21. The number of amides is 2. The molecule has 144 valence electrons.